The maximum absolute atomic E-state index is 9.37. The first-order chi connectivity index (χ1) is 10.0. The fourth-order valence-corrected chi connectivity index (χ4v) is 2.10. The molecule has 3 aromatic rings. The van der Waals surface area contributed by atoms with Crippen LogP contribution in [0.2, 0.25) is 5.02 Å². The molecule has 0 saturated heterocycles. The number of fused-ring (bicyclic) bond motifs is 1. The second kappa shape index (κ2) is 6.37. The number of aromatic hydroxyl groups is 2. The Hall–Kier alpha value is -2.39. The normalized spacial score (nSPS) is 10.0. The number of hydrogen-bond donors (Lipinski definition) is 3. The predicted molar refractivity (Wildman–Crippen MR) is 87.9 cm³/mol. The Kier molecular flexibility index (Phi) is 4.55. The number of nitrogen functional groups attached to an aromatic ring is 1. The number of aryl methyl sites for hydroxylation is 1. The molecule has 0 fully saturated rings. The van der Waals surface area contributed by atoms with Crippen molar-refractivity contribution < 1.29 is 10.2 Å². The van der Waals surface area contributed by atoms with E-state index in [0.717, 1.165) is 16.3 Å². The second-order valence-corrected chi connectivity index (χ2v) is 5.01. The molecule has 3 rings (SSSR count). The van der Waals surface area contributed by atoms with Gasteiger partial charge in [-0.2, -0.15) is 0 Å². The Labute approximate surface area is 128 Å². The van der Waals surface area contributed by atoms with Crippen LogP contribution in [-0.2, 0) is 0 Å². The molecule has 0 spiro atoms. The standard InChI is InChI=1S/C10H8O.C7H8ClNO/c11-10-7-3-5-8-4-1-2-6-9(8)10;1-4-2-3-5(9)6(8)7(4)10/h1-7,11H;2-3,10H,9H2,1H3. The number of rotatable bonds is 0. The van der Waals surface area contributed by atoms with Crippen LogP contribution in [0, 0.1) is 6.92 Å². The number of halogens is 1. The molecule has 3 nitrogen and oxygen atoms in total. The van der Waals surface area contributed by atoms with Crippen LogP contribution in [0.5, 0.6) is 11.5 Å². The van der Waals surface area contributed by atoms with Gasteiger partial charge in [-0.3, -0.25) is 0 Å². The highest BCUT2D eigenvalue weighted by Crippen LogP contribution is 2.31. The third-order valence-corrected chi connectivity index (χ3v) is 3.51. The Morgan fingerprint density at radius 1 is 0.905 bits per heavy atom. The Bertz CT molecular complexity index is 740. The zero-order chi connectivity index (χ0) is 15.4. The van der Waals surface area contributed by atoms with Crippen LogP contribution in [0.3, 0.4) is 0 Å². The smallest absolute Gasteiger partial charge is 0.139 e. The monoisotopic (exact) mass is 301 g/mol. The van der Waals surface area contributed by atoms with Crippen molar-refractivity contribution in [1.29, 1.82) is 0 Å². The van der Waals surface area contributed by atoms with Gasteiger partial charge in [-0.05, 0) is 30.0 Å². The van der Waals surface area contributed by atoms with E-state index in [1.165, 1.54) is 0 Å². The van der Waals surface area contributed by atoms with E-state index in [4.69, 9.17) is 17.3 Å². The highest BCUT2D eigenvalue weighted by Gasteiger charge is 2.03. The minimum Gasteiger partial charge on any atom is -0.507 e. The molecular weight excluding hydrogens is 286 g/mol. The Balaban J connectivity index is 0.000000155. The Morgan fingerprint density at radius 2 is 1.57 bits per heavy atom. The van der Waals surface area contributed by atoms with Gasteiger partial charge in [0.2, 0.25) is 0 Å². The zero-order valence-electron chi connectivity index (χ0n) is 11.5. The lowest BCUT2D eigenvalue weighted by molar-refractivity contribution is 0.471. The lowest BCUT2D eigenvalue weighted by Gasteiger charge is -2.02. The summed E-state index contributed by atoms with van der Waals surface area (Å²) in [4.78, 5) is 0. The first-order valence-electron chi connectivity index (χ1n) is 6.41. The average Bonchev–Trinajstić information content (AvgIpc) is 2.50. The summed E-state index contributed by atoms with van der Waals surface area (Å²) in [5.41, 5.74) is 6.54. The van der Waals surface area contributed by atoms with Crippen molar-refractivity contribution in [2.24, 2.45) is 0 Å². The summed E-state index contributed by atoms with van der Waals surface area (Å²) in [7, 11) is 0. The highest BCUT2D eigenvalue weighted by atomic mass is 35.5. The molecule has 21 heavy (non-hydrogen) atoms. The number of phenolic OH excluding ortho intramolecular Hbond substituents is 2. The van der Waals surface area contributed by atoms with Crippen molar-refractivity contribution >= 4 is 28.1 Å². The van der Waals surface area contributed by atoms with Crippen molar-refractivity contribution in [3.05, 3.63) is 65.2 Å². The van der Waals surface area contributed by atoms with E-state index in [0.29, 0.717) is 11.4 Å². The lowest BCUT2D eigenvalue weighted by Crippen LogP contribution is -1.86. The largest absolute Gasteiger partial charge is 0.507 e. The van der Waals surface area contributed by atoms with Gasteiger partial charge in [-0.25, -0.2) is 0 Å². The van der Waals surface area contributed by atoms with Gasteiger partial charge in [0.25, 0.3) is 0 Å². The maximum Gasteiger partial charge on any atom is 0.139 e. The zero-order valence-corrected chi connectivity index (χ0v) is 12.3. The van der Waals surface area contributed by atoms with Crippen molar-refractivity contribution in [1.82, 2.24) is 0 Å². The molecule has 0 aliphatic carbocycles. The van der Waals surface area contributed by atoms with Crippen LogP contribution in [0.1, 0.15) is 5.56 Å². The summed E-state index contributed by atoms with van der Waals surface area (Å²) in [6.45, 7) is 1.76. The third kappa shape index (κ3) is 3.38. The van der Waals surface area contributed by atoms with Gasteiger partial charge in [0.15, 0.2) is 0 Å². The van der Waals surface area contributed by atoms with E-state index < -0.39 is 0 Å². The van der Waals surface area contributed by atoms with Gasteiger partial charge in [-0.1, -0.05) is 54.1 Å². The van der Waals surface area contributed by atoms with E-state index in [-0.39, 0.29) is 10.8 Å². The van der Waals surface area contributed by atoms with Crippen molar-refractivity contribution in [2.45, 2.75) is 6.92 Å². The lowest BCUT2D eigenvalue weighted by atomic mass is 10.1. The van der Waals surface area contributed by atoms with E-state index in [2.05, 4.69) is 0 Å². The summed E-state index contributed by atoms with van der Waals surface area (Å²) >= 11 is 5.61. The van der Waals surface area contributed by atoms with E-state index in [1.807, 2.05) is 36.4 Å². The molecule has 4 N–H and O–H groups in total. The predicted octanol–water partition coefficient (Wildman–Crippen LogP) is 4.48. The average molecular weight is 302 g/mol. The quantitative estimate of drug-likeness (QED) is 0.536. The maximum atomic E-state index is 9.37. The molecule has 0 aliphatic heterocycles. The molecule has 0 saturated carbocycles. The molecule has 0 aliphatic rings. The van der Waals surface area contributed by atoms with Gasteiger partial charge in [0.1, 0.15) is 16.5 Å². The van der Waals surface area contributed by atoms with Crippen LogP contribution in [0.25, 0.3) is 10.8 Å². The minimum atomic E-state index is 0.0710. The van der Waals surface area contributed by atoms with Gasteiger partial charge in [0.05, 0.1) is 5.69 Å². The molecule has 0 amide bonds. The summed E-state index contributed by atoms with van der Waals surface area (Å²) in [5, 5.41) is 20.8. The molecular formula is C17H16ClNO2. The van der Waals surface area contributed by atoms with E-state index >= 15 is 0 Å². The highest BCUT2D eigenvalue weighted by molar-refractivity contribution is 6.34. The molecule has 0 heterocycles. The molecule has 3 aromatic carbocycles. The van der Waals surface area contributed by atoms with Gasteiger partial charge in [-0.15, -0.1) is 0 Å². The van der Waals surface area contributed by atoms with Crippen LogP contribution in [-0.4, -0.2) is 10.2 Å². The van der Waals surface area contributed by atoms with Crippen molar-refractivity contribution in [2.75, 3.05) is 5.73 Å². The number of phenols is 2. The van der Waals surface area contributed by atoms with Gasteiger partial charge >= 0.3 is 0 Å². The van der Waals surface area contributed by atoms with Gasteiger partial charge in [0, 0.05) is 5.39 Å². The minimum absolute atomic E-state index is 0.0710. The first kappa shape index (κ1) is 15.0. The SMILES string of the molecule is Cc1ccc(N)c(Cl)c1O.Oc1cccc2ccccc12. The van der Waals surface area contributed by atoms with Crippen molar-refractivity contribution in [3.8, 4) is 11.5 Å². The molecule has 0 aromatic heterocycles. The van der Waals surface area contributed by atoms with E-state index in [1.54, 1.807) is 25.1 Å². The molecule has 0 atom stereocenters. The second-order valence-electron chi connectivity index (χ2n) is 4.63. The summed E-state index contributed by atoms with van der Waals surface area (Å²) < 4.78 is 0. The molecule has 108 valence electrons. The fraction of sp³-hybridized carbons (Fsp3) is 0.0588. The van der Waals surface area contributed by atoms with E-state index in [9.17, 15) is 10.2 Å². The number of benzene rings is 3. The fourth-order valence-electron chi connectivity index (χ4n) is 1.89. The summed E-state index contributed by atoms with van der Waals surface area (Å²) in [5.74, 6) is 0.421. The van der Waals surface area contributed by atoms with Gasteiger partial charge < -0.3 is 15.9 Å². The van der Waals surface area contributed by atoms with Crippen molar-refractivity contribution in [3.63, 3.8) is 0 Å². The van der Waals surface area contributed by atoms with Crippen LogP contribution in [0.4, 0.5) is 5.69 Å². The summed E-state index contributed by atoms with van der Waals surface area (Å²) in [6, 6.07) is 16.7. The van der Waals surface area contributed by atoms with Crippen LogP contribution >= 0.6 is 11.6 Å². The topological polar surface area (TPSA) is 66.5 Å². The third-order valence-electron chi connectivity index (χ3n) is 3.11. The summed E-state index contributed by atoms with van der Waals surface area (Å²) in [6.07, 6.45) is 0. The number of hydrogen-bond acceptors (Lipinski definition) is 3. The molecule has 4 heteroatoms. The Morgan fingerprint density at radius 3 is 2.24 bits per heavy atom. The molecule has 0 radical (unpaired) electrons. The molecule has 0 unspecified atom stereocenters. The number of nitrogens with two attached hydrogens (primary N) is 1. The first-order valence-corrected chi connectivity index (χ1v) is 6.78. The number of anilines is 1. The van der Waals surface area contributed by atoms with Crippen LogP contribution in [0.15, 0.2) is 54.6 Å². The molecule has 0 bridgehead atoms. The van der Waals surface area contributed by atoms with Crippen LogP contribution < -0.4 is 5.73 Å².